The highest BCUT2D eigenvalue weighted by atomic mass is 19.1. The molecule has 4 nitrogen and oxygen atoms in total. The van der Waals surface area contributed by atoms with Crippen LogP contribution in [0.1, 0.15) is 20.8 Å². The van der Waals surface area contributed by atoms with Crippen molar-refractivity contribution in [1.82, 2.24) is 5.32 Å². The van der Waals surface area contributed by atoms with Gasteiger partial charge in [0.05, 0.1) is 17.3 Å². The second-order valence-corrected chi connectivity index (χ2v) is 4.46. The maximum absolute atomic E-state index is 13.2. The molecule has 0 fully saturated rings. The molecule has 17 heavy (non-hydrogen) atoms. The molecule has 0 saturated heterocycles. The molecular formula is C12H17FN2O2. The summed E-state index contributed by atoms with van der Waals surface area (Å²) in [5.74, 6) is -0.502. The molecular weight excluding hydrogens is 223 g/mol. The Labute approximate surface area is 99.8 Å². The molecule has 3 N–H and O–H groups in total. The van der Waals surface area contributed by atoms with Gasteiger partial charge >= 0.3 is 6.03 Å². The Kier molecular flexibility index (Phi) is 4.07. The zero-order chi connectivity index (χ0) is 13.1. The molecule has 0 bridgehead atoms. The van der Waals surface area contributed by atoms with E-state index in [4.69, 9.17) is 0 Å². The van der Waals surface area contributed by atoms with Crippen LogP contribution in [-0.2, 0) is 0 Å². The fourth-order valence-corrected chi connectivity index (χ4v) is 1.11. The molecule has 0 heterocycles. The quantitative estimate of drug-likeness (QED) is 0.757. The van der Waals surface area contributed by atoms with E-state index in [-0.39, 0.29) is 5.69 Å². The molecule has 0 aliphatic rings. The van der Waals surface area contributed by atoms with Gasteiger partial charge in [-0.25, -0.2) is 9.18 Å². The summed E-state index contributed by atoms with van der Waals surface area (Å²) in [5, 5.41) is 14.4. The summed E-state index contributed by atoms with van der Waals surface area (Å²) in [6.07, 6.45) is -0.714. The Morgan fingerprint density at radius 3 is 2.53 bits per heavy atom. The summed E-state index contributed by atoms with van der Waals surface area (Å²) < 4.78 is 13.2. The molecule has 0 aliphatic carbocycles. The third-order valence-electron chi connectivity index (χ3n) is 2.60. The van der Waals surface area contributed by atoms with E-state index in [0.717, 1.165) is 0 Å². The topological polar surface area (TPSA) is 61.4 Å². The smallest absolute Gasteiger partial charge is 0.319 e. The Bertz CT molecular complexity index is 405. The fourth-order valence-electron chi connectivity index (χ4n) is 1.11. The van der Waals surface area contributed by atoms with Crippen LogP contribution >= 0.6 is 0 Å². The highest BCUT2D eigenvalue weighted by Crippen LogP contribution is 2.13. The number of anilines is 1. The van der Waals surface area contributed by atoms with Crippen molar-refractivity contribution in [1.29, 1.82) is 0 Å². The number of amides is 2. The minimum absolute atomic E-state index is 0.103. The number of halogens is 1. The van der Waals surface area contributed by atoms with Gasteiger partial charge in [0, 0.05) is 0 Å². The van der Waals surface area contributed by atoms with E-state index in [1.165, 1.54) is 18.2 Å². The van der Waals surface area contributed by atoms with E-state index < -0.39 is 23.5 Å². The summed E-state index contributed by atoms with van der Waals surface area (Å²) in [5.41, 5.74) is -0.679. The van der Waals surface area contributed by atoms with Crippen molar-refractivity contribution in [3.63, 3.8) is 0 Å². The SMILES string of the molecule is CC(O)C(C)(C)NC(=O)Nc1ccccc1F. The molecule has 0 aromatic heterocycles. The molecule has 0 radical (unpaired) electrons. The molecule has 1 unspecified atom stereocenters. The first kappa shape index (κ1) is 13.4. The van der Waals surface area contributed by atoms with E-state index >= 15 is 0 Å². The van der Waals surface area contributed by atoms with Gasteiger partial charge in [-0.2, -0.15) is 0 Å². The lowest BCUT2D eigenvalue weighted by atomic mass is 9.99. The van der Waals surface area contributed by atoms with E-state index in [1.807, 2.05) is 0 Å². The van der Waals surface area contributed by atoms with E-state index in [1.54, 1.807) is 26.8 Å². The predicted molar refractivity (Wildman–Crippen MR) is 64.3 cm³/mol. The number of para-hydroxylation sites is 1. The zero-order valence-corrected chi connectivity index (χ0v) is 10.1. The molecule has 1 aromatic carbocycles. The summed E-state index contributed by atoms with van der Waals surface area (Å²) in [6, 6.07) is 5.33. The van der Waals surface area contributed by atoms with Gasteiger partial charge in [0.1, 0.15) is 5.82 Å². The number of aliphatic hydroxyl groups is 1. The monoisotopic (exact) mass is 240 g/mol. The molecule has 0 aliphatic heterocycles. The number of benzene rings is 1. The average molecular weight is 240 g/mol. The molecule has 1 aromatic rings. The molecule has 2 amide bonds. The van der Waals surface area contributed by atoms with E-state index in [9.17, 15) is 14.3 Å². The second kappa shape index (κ2) is 5.14. The van der Waals surface area contributed by atoms with Crippen LogP contribution in [0.15, 0.2) is 24.3 Å². The molecule has 1 atom stereocenters. The summed E-state index contributed by atoms with van der Waals surface area (Å²) in [6.45, 7) is 4.93. The molecule has 94 valence electrons. The maximum atomic E-state index is 13.2. The van der Waals surface area contributed by atoms with Crippen LogP contribution < -0.4 is 10.6 Å². The van der Waals surface area contributed by atoms with Gasteiger partial charge in [0.15, 0.2) is 0 Å². The Hall–Kier alpha value is -1.62. The number of hydrogen-bond acceptors (Lipinski definition) is 2. The normalized spacial score (nSPS) is 13.0. The van der Waals surface area contributed by atoms with Crippen molar-refractivity contribution in [2.75, 3.05) is 5.32 Å². The summed E-state index contributed by atoms with van der Waals surface area (Å²) in [4.78, 5) is 11.6. The van der Waals surface area contributed by atoms with Gasteiger partial charge in [-0.3, -0.25) is 0 Å². The summed E-state index contributed by atoms with van der Waals surface area (Å²) in [7, 11) is 0. The minimum atomic E-state index is -0.782. The molecule has 5 heteroatoms. The third-order valence-corrected chi connectivity index (χ3v) is 2.60. The van der Waals surface area contributed by atoms with Gasteiger partial charge in [0.25, 0.3) is 0 Å². The number of hydrogen-bond donors (Lipinski definition) is 3. The molecule has 0 spiro atoms. The first-order valence-electron chi connectivity index (χ1n) is 5.34. The van der Waals surface area contributed by atoms with Gasteiger partial charge in [0.2, 0.25) is 0 Å². The van der Waals surface area contributed by atoms with E-state index in [0.29, 0.717) is 0 Å². The third kappa shape index (κ3) is 3.71. The summed E-state index contributed by atoms with van der Waals surface area (Å²) >= 11 is 0. The van der Waals surface area contributed by atoms with Gasteiger partial charge in [-0.1, -0.05) is 12.1 Å². The first-order valence-corrected chi connectivity index (χ1v) is 5.34. The van der Waals surface area contributed by atoms with Crippen LogP contribution in [0.25, 0.3) is 0 Å². The largest absolute Gasteiger partial charge is 0.391 e. The van der Waals surface area contributed by atoms with Crippen LogP contribution in [0.5, 0.6) is 0 Å². The van der Waals surface area contributed by atoms with E-state index in [2.05, 4.69) is 10.6 Å². The second-order valence-electron chi connectivity index (χ2n) is 4.46. The van der Waals surface area contributed by atoms with Crippen LogP contribution in [-0.4, -0.2) is 22.8 Å². The van der Waals surface area contributed by atoms with Crippen molar-refractivity contribution < 1.29 is 14.3 Å². The van der Waals surface area contributed by atoms with Crippen LogP contribution in [0, 0.1) is 5.82 Å². The van der Waals surface area contributed by atoms with Crippen molar-refractivity contribution in [2.45, 2.75) is 32.4 Å². The number of carbonyl (C=O) groups is 1. The number of carbonyl (C=O) groups excluding carboxylic acids is 1. The standard InChI is InChI=1S/C12H17FN2O2/c1-8(16)12(2,3)15-11(17)14-10-7-5-4-6-9(10)13/h4-8,16H,1-3H3,(H2,14,15,17). The van der Waals surface area contributed by atoms with Gasteiger partial charge < -0.3 is 15.7 Å². The van der Waals surface area contributed by atoms with Crippen molar-refractivity contribution >= 4 is 11.7 Å². The van der Waals surface area contributed by atoms with Crippen molar-refractivity contribution in [3.8, 4) is 0 Å². The number of rotatable bonds is 3. The fraction of sp³-hybridized carbons (Fsp3) is 0.417. The highest BCUT2D eigenvalue weighted by molar-refractivity contribution is 5.89. The molecule has 0 saturated carbocycles. The van der Waals surface area contributed by atoms with Crippen LogP contribution in [0.4, 0.5) is 14.9 Å². The maximum Gasteiger partial charge on any atom is 0.319 e. The Morgan fingerprint density at radius 1 is 1.41 bits per heavy atom. The minimum Gasteiger partial charge on any atom is -0.391 e. The Morgan fingerprint density at radius 2 is 2.00 bits per heavy atom. The van der Waals surface area contributed by atoms with Crippen LogP contribution in [0.2, 0.25) is 0 Å². The number of urea groups is 1. The van der Waals surface area contributed by atoms with Crippen LogP contribution in [0.3, 0.4) is 0 Å². The van der Waals surface area contributed by atoms with Crippen molar-refractivity contribution in [2.24, 2.45) is 0 Å². The lowest BCUT2D eigenvalue weighted by Gasteiger charge is -2.29. The number of nitrogens with one attached hydrogen (secondary N) is 2. The lowest BCUT2D eigenvalue weighted by Crippen LogP contribution is -2.52. The Balaban J connectivity index is 2.66. The van der Waals surface area contributed by atoms with Gasteiger partial charge in [-0.05, 0) is 32.9 Å². The number of aliphatic hydroxyl groups excluding tert-OH is 1. The lowest BCUT2D eigenvalue weighted by molar-refractivity contribution is 0.103. The highest BCUT2D eigenvalue weighted by Gasteiger charge is 2.26. The average Bonchev–Trinajstić information content (AvgIpc) is 2.20. The zero-order valence-electron chi connectivity index (χ0n) is 10.1. The first-order chi connectivity index (χ1) is 7.83. The van der Waals surface area contributed by atoms with Gasteiger partial charge in [-0.15, -0.1) is 0 Å². The van der Waals surface area contributed by atoms with Crippen molar-refractivity contribution in [3.05, 3.63) is 30.1 Å². The molecule has 1 rings (SSSR count). The predicted octanol–water partition coefficient (Wildman–Crippen LogP) is 2.11.